The number of hydrogen-bond donors (Lipinski definition) is 1. The maximum atomic E-state index is 5.90. The number of benzene rings is 1. The number of hydrogen-bond acceptors (Lipinski definition) is 5. The molecule has 1 aromatic heterocycles. The predicted octanol–water partition coefficient (Wildman–Crippen LogP) is 2.46. The summed E-state index contributed by atoms with van der Waals surface area (Å²) < 4.78 is 10.8. The molecule has 5 nitrogen and oxygen atoms in total. The summed E-state index contributed by atoms with van der Waals surface area (Å²) in [6, 6.07) is 5.93. The van der Waals surface area contributed by atoms with Crippen molar-refractivity contribution in [3.05, 3.63) is 41.0 Å². The normalized spacial score (nSPS) is 11.6. The monoisotopic (exact) mass is 261 g/mol. The first-order valence-electron chi connectivity index (χ1n) is 6.19. The van der Waals surface area contributed by atoms with Crippen LogP contribution in [0.25, 0.3) is 0 Å². The highest BCUT2D eigenvalue weighted by Crippen LogP contribution is 2.21. The van der Waals surface area contributed by atoms with E-state index in [1.807, 2.05) is 45.9 Å². The summed E-state index contributed by atoms with van der Waals surface area (Å²) in [5, 5.41) is 3.85. The Hall–Kier alpha value is -1.88. The molecule has 2 rings (SSSR count). The molecule has 0 fully saturated rings. The molecule has 0 aliphatic heterocycles. The van der Waals surface area contributed by atoms with Gasteiger partial charge in [-0.15, -0.1) is 0 Å². The van der Waals surface area contributed by atoms with Gasteiger partial charge in [0.2, 0.25) is 0 Å². The molecule has 0 aliphatic carbocycles. The van der Waals surface area contributed by atoms with Gasteiger partial charge in [-0.3, -0.25) is 0 Å². The van der Waals surface area contributed by atoms with Gasteiger partial charge in [0, 0.05) is 0 Å². The average Bonchev–Trinajstić information content (AvgIpc) is 2.79. The maximum Gasteiger partial charge on any atom is 0.264 e. The van der Waals surface area contributed by atoms with E-state index >= 15 is 0 Å². The Morgan fingerprint density at radius 2 is 2.05 bits per heavy atom. The van der Waals surface area contributed by atoms with Crippen LogP contribution in [0.2, 0.25) is 0 Å². The fourth-order valence-electron chi connectivity index (χ4n) is 1.60. The van der Waals surface area contributed by atoms with E-state index in [-0.39, 0.29) is 6.61 Å². The lowest BCUT2D eigenvalue weighted by molar-refractivity contribution is 0.240. The first-order valence-corrected chi connectivity index (χ1v) is 6.19. The number of ether oxygens (including phenoxy) is 1. The summed E-state index contributed by atoms with van der Waals surface area (Å²) in [6.45, 7) is 7.96. The van der Waals surface area contributed by atoms with Crippen molar-refractivity contribution in [1.29, 1.82) is 0 Å². The molecule has 0 saturated heterocycles. The van der Waals surface area contributed by atoms with Crippen molar-refractivity contribution in [3.63, 3.8) is 0 Å². The molecule has 1 aromatic carbocycles. The number of nitrogens with zero attached hydrogens (tertiary/aromatic N) is 2. The van der Waals surface area contributed by atoms with Crippen LogP contribution < -0.4 is 10.5 Å². The molecular formula is C14H19N3O2. The quantitative estimate of drug-likeness (QED) is 0.915. The van der Waals surface area contributed by atoms with E-state index in [0.29, 0.717) is 11.7 Å². The van der Waals surface area contributed by atoms with E-state index < -0.39 is 5.54 Å². The van der Waals surface area contributed by atoms with E-state index in [1.165, 1.54) is 5.56 Å². The van der Waals surface area contributed by atoms with Crippen molar-refractivity contribution < 1.29 is 9.26 Å². The number of aromatic nitrogens is 2. The molecule has 1 heterocycles. The van der Waals surface area contributed by atoms with Crippen LogP contribution in [-0.4, -0.2) is 10.1 Å². The fraction of sp³-hybridized carbons (Fsp3) is 0.429. The van der Waals surface area contributed by atoms with E-state index in [0.717, 1.165) is 11.3 Å². The third-order valence-corrected chi connectivity index (χ3v) is 2.95. The van der Waals surface area contributed by atoms with Crippen LogP contribution in [-0.2, 0) is 12.1 Å². The van der Waals surface area contributed by atoms with Gasteiger partial charge in [0.15, 0.2) is 12.4 Å². The van der Waals surface area contributed by atoms with Crippen LogP contribution in [0.3, 0.4) is 0 Å². The van der Waals surface area contributed by atoms with Crippen LogP contribution >= 0.6 is 0 Å². The van der Waals surface area contributed by atoms with Gasteiger partial charge in [-0.2, -0.15) is 4.98 Å². The molecule has 2 N–H and O–H groups in total. The summed E-state index contributed by atoms with van der Waals surface area (Å²) in [7, 11) is 0. The van der Waals surface area contributed by atoms with Crippen LogP contribution in [0, 0.1) is 13.8 Å². The smallest absolute Gasteiger partial charge is 0.264 e. The first kappa shape index (κ1) is 13.5. The highest BCUT2D eigenvalue weighted by Gasteiger charge is 2.21. The molecular weight excluding hydrogens is 242 g/mol. The standard InChI is InChI=1S/C14H19N3O2/c1-9-6-5-7-11(10(9)2)18-8-12-16-13(17-19-12)14(3,4)15/h5-7H,8,15H2,1-4H3. The summed E-state index contributed by atoms with van der Waals surface area (Å²) in [5.41, 5.74) is 7.58. The summed E-state index contributed by atoms with van der Waals surface area (Å²) in [5.74, 6) is 1.73. The fourth-order valence-corrected chi connectivity index (χ4v) is 1.60. The highest BCUT2D eigenvalue weighted by atomic mass is 16.5. The van der Waals surface area contributed by atoms with Crippen LogP contribution in [0.1, 0.15) is 36.7 Å². The van der Waals surface area contributed by atoms with Gasteiger partial charge in [0.1, 0.15) is 5.75 Å². The summed E-state index contributed by atoms with van der Waals surface area (Å²) in [6.07, 6.45) is 0. The average molecular weight is 261 g/mol. The molecule has 0 bridgehead atoms. The number of aryl methyl sites for hydroxylation is 1. The summed E-state index contributed by atoms with van der Waals surface area (Å²) in [4.78, 5) is 4.22. The van der Waals surface area contributed by atoms with Gasteiger partial charge in [-0.25, -0.2) is 0 Å². The number of rotatable bonds is 4. The van der Waals surface area contributed by atoms with Crippen molar-refractivity contribution >= 4 is 0 Å². The largest absolute Gasteiger partial charge is 0.483 e. The lowest BCUT2D eigenvalue weighted by Gasteiger charge is -2.11. The van der Waals surface area contributed by atoms with Crippen molar-refractivity contribution in [2.24, 2.45) is 5.73 Å². The molecule has 5 heteroatoms. The summed E-state index contributed by atoms with van der Waals surface area (Å²) >= 11 is 0. The Kier molecular flexibility index (Phi) is 3.57. The van der Waals surface area contributed by atoms with Gasteiger partial charge in [-0.1, -0.05) is 17.3 Å². The predicted molar refractivity (Wildman–Crippen MR) is 71.8 cm³/mol. The van der Waals surface area contributed by atoms with Crippen LogP contribution in [0.4, 0.5) is 0 Å². The Morgan fingerprint density at radius 3 is 2.68 bits per heavy atom. The zero-order chi connectivity index (χ0) is 14.0. The van der Waals surface area contributed by atoms with Crippen molar-refractivity contribution in [2.45, 2.75) is 39.8 Å². The van der Waals surface area contributed by atoms with E-state index in [4.69, 9.17) is 15.0 Å². The Bertz CT molecular complexity index is 570. The van der Waals surface area contributed by atoms with Crippen molar-refractivity contribution in [2.75, 3.05) is 0 Å². The van der Waals surface area contributed by atoms with E-state index in [9.17, 15) is 0 Å². The second kappa shape index (κ2) is 5.01. The zero-order valence-electron chi connectivity index (χ0n) is 11.7. The minimum Gasteiger partial charge on any atom is -0.483 e. The second-order valence-corrected chi connectivity index (χ2v) is 5.22. The molecule has 0 spiro atoms. The Balaban J connectivity index is 2.07. The van der Waals surface area contributed by atoms with Crippen molar-refractivity contribution in [1.82, 2.24) is 10.1 Å². The molecule has 0 amide bonds. The maximum absolute atomic E-state index is 5.90. The van der Waals surface area contributed by atoms with E-state index in [2.05, 4.69) is 10.1 Å². The Morgan fingerprint density at radius 1 is 1.32 bits per heavy atom. The second-order valence-electron chi connectivity index (χ2n) is 5.22. The topological polar surface area (TPSA) is 74.2 Å². The van der Waals surface area contributed by atoms with Crippen LogP contribution in [0.5, 0.6) is 5.75 Å². The third-order valence-electron chi connectivity index (χ3n) is 2.95. The molecule has 19 heavy (non-hydrogen) atoms. The highest BCUT2D eigenvalue weighted by molar-refractivity contribution is 5.38. The molecule has 0 aliphatic rings. The minimum atomic E-state index is -0.610. The molecule has 0 atom stereocenters. The zero-order valence-corrected chi connectivity index (χ0v) is 11.7. The van der Waals surface area contributed by atoms with Gasteiger partial charge in [0.05, 0.1) is 5.54 Å². The lowest BCUT2D eigenvalue weighted by atomic mass is 10.1. The molecule has 2 aromatic rings. The first-order chi connectivity index (χ1) is 8.88. The van der Waals surface area contributed by atoms with Crippen LogP contribution in [0.15, 0.2) is 22.7 Å². The van der Waals surface area contributed by atoms with E-state index in [1.54, 1.807) is 0 Å². The van der Waals surface area contributed by atoms with Gasteiger partial charge in [-0.05, 0) is 44.9 Å². The van der Waals surface area contributed by atoms with Crippen molar-refractivity contribution in [3.8, 4) is 5.75 Å². The molecule has 0 unspecified atom stereocenters. The molecule has 102 valence electrons. The molecule has 0 radical (unpaired) electrons. The third kappa shape index (κ3) is 3.12. The number of nitrogens with two attached hydrogens (primary N) is 1. The van der Waals surface area contributed by atoms with Gasteiger partial charge in [0.25, 0.3) is 5.89 Å². The SMILES string of the molecule is Cc1cccc(OCc2nc(C(C)(C)N)no2)c1C. The lowest BCUT2D eigenvalue weighted by Crippen LogP contribution is -2.30. The minimum absolute atomic E-state index is 0.243. The van der Waals surface area contributed by atoms with Gasteiger partial charge < -0.3 is 15.0 Å². The van der Waals surface area contributed by atoms with Gasteiger partial charge >= 0.3 is 0 Å². The molecule has 0 saturated carbocycles. The Labute approximate surface area is 112 Å².